The molecule has 0 aliphatic carbocycles. The van der Waals surface area contributed by atoms with Gasteiger partial charge in [0, 0.05) is 6.20 Å². The summed E-state index contributed by atoms with van der Waals surface area (Å²) in [5, 5.41) is 10.4. The third-order valence-electron chi connectivity index (χ3n) is 3.08. The van der Waals surface area contributed by atoms with Gasteiger partial charge >= 0.3 is 0 Å². The van der Waals surface area contributed by atoms with Crippen molar-refractivity contribution in [2.75, 3.05) is 18.5 Å². The van der Waals surface area contributed by atoms with Crippen molar-refractivity contribution in [3.8, 4) is 11.5 Å². The minimum absolute atomic E-state index is 0.0752. The second-order valence-electron chi connectivity index (χ2n) is 4.76. The molecule has 23 heavy (non-hydrogen) atoms. The number of carbonyl (C=O) groups excluding carboxylic acids is 1. The number of pyridine rings is 1. The molecule has 7 nitrogen and oxygen atoms in total. The normalized spacial score (nSPS) is 10.5. The molecule has 0 fully saturated rings. The molecule has 0 atom stereocenters. The van der Waals surface area contributed by atoms with Crippen LogP contribution in [0.25, 0.3) is 5.65 Å². The van der Waals surface area contributed by atoms with Gasteiger partial charge in [0.2, 0.25) is 0 Å². The van der Waals surface area contributed by atoms with Crippen molar-refractivity contribution < 1.29 is 14.3 Å². The van der Waals surface area contributed by atoms with Gasteiger partial charge < -0.3 is 14.8 Å². The predicted octanol–water partition coefficient (Wildman–Crippen LogP) is 2.15. The maximum absolute atomic E-state index is 11.9. The zero-order valence-corrected chi connectivity index (χ0v) is 12.6. The Bertz CT molecular complexity index is 798. The Labute approximate surface area is 132 Å². The van der Waals surface area contributed by atoms with Crippen LogP contribution in [-0.2, 0) is 4.79 Å². The number of ether oxygens (including phenoxy) is 2. The Balaban J connectivity index is 1.54. The first kappa shape index (κ1) is 14.8. The fourth-order valence-electron chi connectivity index (χ4n) is 2.05. The van der Waals surface area contributed by atoms with E-state index in [0.29, 0.717) is 23.7 Å². The number of benzene rings is 1. The summed E-state index contributed by atoms with van der Waals surface area (Å²) in [5.74, 6) is 1.13. The number of aromatic nitrogens is 3. The summed E-state index contributed by atoms with van der Waals surface area (Å²) in [6, 6.07) is 10.7. The van der Waals surface area contributed by atoms with Crippen molar-refractivity contribution in [2.45, 2.75) is 6.92 Å². The molecule has 1 amide bonds. The number of anilines is 1. The molecule has 2 heterocycles. The van der Waals surface area contributed by atoms with E-state index < -0.39 is 0 Å². The summed E-state index contributed by atoms with van der Waals surface area (Å²) in [6.45, 7) is 2.46. The van der Waals surface area contributed by atoms with Gasteiger partial charge in [-0.25, -0.2) is 0 Å². The van der Waals surface area contributed by atoms with Crippen LogP contribution in [0.2, 0.25) is 0 Å². The SMILES string of the molecule is CCOc1ccc(OCC(=O)Nc2ccc3nncn3c2)cc1. The van der Waals surface area contributed by atoms with E-state index in [1.165, 1.54) is 0 Å². The molecule has 0 spiro atoms. The van der Waals surface area contributed by atoms with Crippen LogP contribution in [-0.4, -0.2) is 33.7 Å². The monoisotopic (exact) mass is 312 g/mol. The Morgan fingerprint density at radius 1 is 1.13 bits per heavy atom. The number of rotatable bonds is 6. The lowest BCUT2D eigenvalue weighted by molar-refractivity contribution is -0.118. The van der Waals surface area contributed by atoms with Crippen LogP contribution in [0.3, 0.4) is 0 Å². The molecule has 3 rings (SSSR count). The average molecular weight is 312 g/mol. The molecular formula is C16H16N4O3. The van der Waals surface area contributed by atoms with Gasteiger partial charge in [0.15, 0.2) is 12.3 Å². The van der Waals surface area contributed by atoms with Gasteiger partial charge in [0.05, 0.1) is 12.3 Å². The first-order valence-corrected chi connectivity index (χ1v) is 7.19. The minimum Gasteiger partial charge on any atom is -0.494 e. The lowest BCUT2D eigenvalue weighted by Gasteiger charge is -2.08. The average Bonchev–Trinajstić information content (AvgIpc) is 3.02. The van der Waals surface area contributed by atoms with Crippen LogP contribution in [0.1, 0.15) is 6.92 Å². The van der Waals surface area contributed by atoms with E-state index in [1.54, 1.807) is 53.3 Å². The molecule has 0 aliphatic heterocycles. The van der Waals surface area contributed by atoms with Crippen LogP contribution >= 0.6 is 0 Å². The molecule has 0 saturated carbocycles. The van der Waals surface area contributed by atoms with Crippen LogP contribution in [0.15, 0.2) is 48.9 Å². The first-order valence-electron chi connectivity index (χ1n) is 7.19. The molecule has 0 aliphatic rings. The highest BCUT2D eigenvalue weighted by Gasteiger charge is 2.05. The van der Waals surface area contributed by atoms with Gasteiger partial charge in [-0.05, 0) is 43.3 Å². The molecule has 118 valence electrons. The zero-order chi connectivity index (χ0) is 16.1. The molecule has 1 N–H and O–H groups in total. The summed E-state index contributed by atoms with van der Waals surface area (Å²) in [4.78, 5) is 11.9. The van der Waals surface area contributed by atoms with Gasteiger partial charge in [0.1, 0.15) is 17.8 Å². The quantitative estimate of drug-likeness (QED) is 0.754. The highest BCUT2D eigenvalue weighted by atomic mass is 16.5. The maximum atomic E-state index is 11.9. The molecule has 2 aromatic heterocycles. The Hall–Kier alpha value is -3.09. The van der Waals surface area contributed by atoms with Crippen LogP contribution in [0, 0.1) is 0 Å². The predicted molar refractivity (Wildman–Crippen MR) is 84.7 cm³/mol. The summed E-state index contributed by atoms with van der Waals surface area (Å²) in [5.41, 5.74) is 1.37. The fraction of sp³-hybridized carbons (Fsp3) is 0.188. The zero-order valence-electron chi connectivity index (χ0n) is 12.6. The maximum Gasteiger partial charge on any atom is 0.262 e. The van der Waals surface area contributed by atoms with Gasteiger partial charge in [-0.1, -0.05) is 0 Å². The van der Waals surface area contributed by atoms with Gasteiger partial charge in [-0.15, -0.1) is 10.2 Å². The number of nitrogens with zero attached hydrogens (tertiary/aromatic N) is 3. The molecule has 3 aromatic rings. The lowest BCUT2D eigenvalue weighted by atomic mass is 10.3. The van der Waals surface area contributed by atoms with Gasteiger partial charge in [-0.2, -0.15) is 0 Å². The second-order valence-corrected chi connectivity index (χ2v) is 4.76. The van der Waals surface area contributed by atoms with Gasteiger partial charge in [-0.3, -0.25) is 9.20 Å². The van der Waals surface area contributed by atoms with E-state index in [9.17, 15) is 4.79 Å². The minimum atomic E-state index is -0.244. The number of nitrogens with one attached hydrogen (secondary N) is 1. The third-order valence-corrected chi connectivity index (χ3v) is 3.08. The van der Waals surface area contributed by atoms with Crippen molar-refractivity contribution in [1.29, 1.82) is 0 Å². The summed E-state index contributed by atoms with van der Waals surface area (Å²) in [6.07, 6.45) is 3.31. The molecule has 7 heteroatoms. The smallest absolute Gasteiger partial charge is 0.262 e. The van der Waals surface area contributed by atoms with Crippen molar-refractivity contribution in [2.24, 2.45) is 0 Å². The Kier molecular flexibility index (Phi) is 4.37. The summed E-state index contributed by atoms with van der Waals surface area (Å²) in [7, 11) is 0. The van der Waals surface area contributed by atoms with E-state index >= 15 is 0 Å². The fourth-order valence-corrected chi connectivity index (χ4v) is 2.05. The van der Waals surface area contributed by atoms with Crippen molar-refractivity contribution in [3.63, 3.8) is 0 Å². The molecule has 0 unspecified atom stereocenters. The number of hydrogen-bond acceptors (Lipinski definition) is 5. The molecule has 0 saturated heterocycles. The Morgan fingerprint density at radius 3 is 2.61 bits per heavy atom. The van der Waals surface area contributed by atoms with Crippen molar-refractivity contribution in [1.82, 2.24) is 14.6 Å². The highest BCUT2D eigenvalue weighted by molar-refractivity contribution is 5.91. The summed E-state index contributed by atoms with van der Waals surface area (Å²) >= 11 is 0. The third kappa shape index (κ3) is 3.76. The summed E-state index contributed by atoms with van der Waals surface area (Å²) < 4.78 is 12.5. The first-order chi connectivity index (χ1) is 11.2. The van der Waals surface area contributed by atoms with E-state index in [2.05, 4.69) is 15.5 Å². The number of fused-ring (bicyclic) bond motifs is 1. The number of carbonyl (C=O) groups is 1. The second kappa shape index (κ2) is 6.78. The van der Waals surface area contributed by atoms with Crippen molar-refractivity contribution in [3.05, 3.63) is 48.9 Å². The van der Waals surface area contributed by atoms with Crippen LogP contribution in [0.4, 0.5) is 5.69 Å². The van der Waals surface area contributed by atoms with E-state index in [-0.39, 0.29) is 12.5 Å². The lowest BCUT2D eigenvalue weighted by Crippen LogP contribution is -2.20. The Morgan fingerprint density at radius 2 is 1.87 bits per heavy atom. The van der Waals surface area contributed by atoms with E-state index in [4.69, 9.17) is 9.47 Å². The molecule has 0 bridgehead atoms. The number of amides is 1. The van der Waals surface area contributed by atoms with E-state index in [0.717, 1.165) is 5.75 Å². The molecular weight excluding hydrogens is 296 g/mol. The standard InChI is InChI=1S/C16H16N4O3/c1-2-22-13-4-6-14(7-5-13)23-10-16(21)18-12-3-8-15-19-17-11-20(15)9-12/h3-9,11H,2,10H2,1H3,(H,18,21). The van der Waals surface area contributed by atoms with E-state index in [1.807, 2.05) is 6.92 Å². The van der Waals surface area contributed by atoms with Crippen LogP contribution in [0.5, 0.6) is 11.5 Å². The largest absolute Gasteiger partial charge is 0.494 e. The topological polar surface area (TPSA) is 77.8 Å². The molecule has 1 aromatic carbocycles. The van der Waals surface area contributed by atoms with Crippen molar-refractivity contribution >= 4 is 17.2 Å². The van der Waals surface area contributed by atoms with Crippen LogP contribution < -0.4 is 14.8 Å². The number of hydrogen-bond donors (Lipinski definition) is 1. The molecule has 0 radical (unpaired) electrons. The van der Waals surface area contributed by atoms with Gasteiger partial charge in [0.25, 0.3) is 5.91 Å². The highest BCUT2D eigenvalue weighted by Crippen LogP contribution is 2.17.